The van der Waals surface area contributed by atoms with Crippen molar-refractivity contribution < 1.29 is 4.79 Å². The average Bonchev–Trinajstić information content (AvgIpc) is 2.77. The van der Waals surface area contributed by atoms with E-state index < -0.39 is 0 Å². The van der Waals surface area contributed by atoms with Crippen LogP contribution in [0.3, 0.4) is 0 Å². The van der Waals surface area contributed by atoms with Crippen molar-refractivity contribution in [1.82, 2.24) is 9.78 Å². The monoisotopic (exact) mass is 278 g/mol. The lowest BCUT2D eigenvalue weighted by Gasteiger charge is -2.09. The fraction of sp³-hybridized carbons (Fsp3) is 0.231. The standard InChI is InChI=1S/C13H15ClN4O/c1-9-3-4-10(14)7-11(9)16-13(19)8-15-12-5-6-18(2)17-12/h3-7H,8H2,1-2H3,(H,15,17)(H,16,19). The highest BCUT2D eigenvalue weighted by atomic mass is 35.5. The summed E-state index contributed by atoms with van der Waals surface area (Å²) in [6.07, 6.45) is 1.81. The molecule has 0 saturated carbocycles. The van der Waals surface area contributed by atoms with Gasteiger partial charge in [0.15, 0.2) is 0 Å². The molecule has 2 N–H and O–H groups in total. The smallest absolute Gasteiger partial charge is 0.243 e. The van der Waals surface area contributed by atoms with E-state index in [1.807, 2.05) is 20.0 Å². The molecule has 1 heterocycles. The lowest BCUT2D eigenvalue weighted by molar-refractivity contribution is -0.114. The van der Waals surface area contributed by atoms with E-state index in [9.17, 15) is 4.79 Å². The maximum Gasteiger partial charge on any atom is 0.243 e. The zero-order valence-corrected chi connectivity index (χ0v) is 11.5. The average molecular weight is 279 g/mol. The largest absolute Gasteiger partial charge is 0.360 e. The van der Waals surface area contributed by atoms with Crippen LogP contribution in [0.4, 0.5) is 11.5 Å². The van der Waals surface area contributed by atoms with E-state index in [-0.39, 0.29) is 12.5 Å². The maximum atomic E-state index is 11.8. The van der Waals surface area contributed by atoms with Gasteiger partial charge in [0, 0.05) is 30.0 Å². The molecule has 0 saturated heterocycles. The van der Waals surface area contributed by atoms with Gasteiger partial charge in [0.25, 0.3) is 0 Å². The molecule has 1 aromatic carbocycles. The number of benzene rings is 1. The number of aromatic nitrogens is 2. The second kappa shape index (κ2) is 5.75. The molecular weight excluding hydrogens is 264 g/mol. The molecule has 100 valence electrons. The van der Waals surface area contributed by atoms with Crippen LogP contribution in [0.2, 0.25) is 5.02 Å². The molecule has 5 nitrogen and oxygen atoms in total. The van der Waals surface area contributed by atoms with Crippen LogP contribution >= 0.6 is 11.6 Å². The van der Waals surface area contributed by atoms with Gasteiger partial charge in [-0.1, -0.05) is 17.7 Å². The van der Waals surface area contributed by atoms with Gasteiger partial charge in [0.1, 0.15) is 5.82 Å². The molecule has 0 radical (unpaired) electrons. The Bertz CT molecular complexity index is 594. The second-order valence-electron chi connectivity index (χ2n) is 4.24. The molecule has 2 aromatic rings. The molecule has 0 aliphatic heterocycles. The van der Waals surface area contributed by atoms with Crippen LogP contribution in [0.15, 0.2) is 30.5 Å². The van der Waals surface area contributed by atoms with Crippen LogP contribution in [-0.2, 0) is 11.8 Å². The predicted molar refractivity (Wildman–Crippen MR) is 76.5 cm³/mol. The number of amides is 1. The molecule has 0 unspecified atom stereocenters. The van der Waals surface area contributed by atoms with Crippen molar-refractivity contribution in [3.05, 3.63) is 41.0 Å². The Kier molecular flexibility index (Phi) is 4.06. The third kappa shape index (κ3) is 3.72. The normalized spacial score (nSPS) is 10.3. The number of anilines is 2. The molecule has 1 amide bonds. The number of carbonyl (C=O) groups excluding carboxylic acids is 1. The number of carbonyl (C=O) groups is 1. The summed E-state index contributed by atoms with van der Waals surface area (Å²) in [6.45, 7) is 2.07. The van der Waals surface area contributed by atoms with Gasteiger partial charge < -0.3 is 10.6 Å². The SMILES string of the molecule is Cc1ccc(Cl)cc1NC(=O)CNc1ccn(C)n1. The first kappa shape index (κ1) is 13.4. The maximum absolute atomic E-state index is 11.8. The molecule has 0 bridgehead atoms. The molecule has 0 aliphatic rings. The molecule has 2 rings (SSSR count). The Morgan fingerprint density at radius 3 is 2.89 bits per heavy atom. The summed E-state index contributed by atoms with van der Waals surface area (Å²) in [6, 6.07) is 7.19. The molecule has 1 aromatic heterocycles. The fourth-order valence-corrected chi connectivity index (χ4v) is 1.78. The van der Waals surface area contributed by atoms with Crippen molar-refractivity contribution >= 4 is 29.0 Å². The van der Waals surface area contributed by atoms with Gasteiger partial charge in [-0.05, 0) is 24.6 Å². The van der Waals surface area contributed by atoms with Gasteiger partial charge in [-0.25, -0.2) is 0 Å². The molecule has 19 heavy (non-hydrogen) atoms. The van der Waals surface area contributed by atoms with Crippen LogP contribution in [0.1, 0.15) is 5.56 Å². The van der Waals surface area contributed by atoms with Gasteiger partial charge in [-0.2, -0.15) is 5.10 Å². The van der Waals surface area contributed by atoms with E-state index in [1.54, 1.807) is 29.1 Å². The van der Waals surface area contributed by atoms with Gasteiger partial charge in [-0.3, -0.25) is 9.48 Å². The molecule has 6 heteroatoms. The minimum Gasteiger partial charge on any atom is -0.360 e. The fourth-order valence-electron chi connectivity index (χ4n) is 1.60. The summed E-state index contributed by atoms with van der Waals surface area (Å²) >= 11 is 5.90. The minimum absolute atomic E-state index is 0.143. The zero-order valence-electron chi connectivity index (χ0n) is 10.8. The molecular formula is C13H15ClN4O. The number of nitrogens with one attached hydrogen (secondary N) is 2. The quantitative estimate of drug-likeness (QED) is 0.903. The third-order valence-electron chi connectivity index (χ3n) is 2.62. The number of nitrogens with zero attached hydrogens (tertiary/aromatic N) is 2. The molecule has 0 fully saturated rings. The summed E-state index contributed by atoms with van der Waals surface area (Å²) in [5.74, 6) is 0.525. The Morgan fingerprint density at radius 2 is 2.21 bits per heavy atom. The lowest BCUT2D eigenvalue weighted by Crippen LogP contribution is -2.22. The van der Waals surface area contributed by atoms with Gasteiger partial charge in [0.2, 0.25) is 5.91 Å². The van der Waals surface area contributed by atoms with Crippen LogP contribution in [0.5, 0.6) is 0 Å². The summed E-state index contributed by atoms with van der Waals surface area (Å²) in [5, 5.41) is 10.5. The minimum atomic E-state index is -0.143. The number of hydrogen-bond donors (Lipinski definition) is 2. The van der Waals surface area contributed by atoms with Crippen molar-refractivity contribution in [2.75, 3.05) is 17.2 Å². The Morgan fingerprint density at radius 1 is 1.42 bits per heavy atom. The second-order valence-corrected chi connectivity index (χ2v) is 4.67. The topological polar surface area (TPSA) is 59.0 Å². The van der Waals surface area contributed by atoms with E-state index in [2.05, 4.69) is 15.7 Å². The predicted octanol–water partition coefficient (Wildman–Crippen LogP) is 2.43. The van der Waals surface area contributed by atoms with E-state index in [1.165, 1.54) is 0 Å². The first-order valence-electron chi connectivity index (χ1n) is 5.84. The van der Waals surface area contributed by atoms with Gasteiger partial charge in [0.05, 0.1) is 6.54 Å². The van der Waals surface area contributed by atoms with Crippen molar-refractivity contribution in [3.63, 3.8) is 0 Å². The highest BCUT2D eigenvalue weighted by Crippen LogP contribution is 2.19. The lowest BCUT2D eigenvalue weighted by atomic mass is 10.2. The Balaban J connectivity index is 1.92. The third-order valence-corrected chi connectivity index (χ3v) is 2.85. The Hall–Kier alpha value is -2.01. The number of aryl methyl sites for hydroxylation is 2. The zero-order chi connectivity index (χ0) is 13.8. The number of rotatable bonds is 4. The number of halogens is 1. The first-order chi connectivity index (χ1) is 9.04. The van der Waals surface area contributed by atoms with Crippen LogP contribution in [-0.4, -0.2) is 22.2 Å². The number of hydrogen-bond acceptors (Lipinski definition) is 3. The van der Waals surface area contributed by atoms with Gasteiger partial charge >= 0.3 is 0 Å². The summed E-state index contributed by atoms with van der Waals surface area (Å²) in [7, 11) is 1.82. The highest BCUT2D eigenvalue weighted by molar-refractivity contribution is 6.31. The first-order valence-corrected chi connectivity index (χ1v) is 6.22. The van der Waals surface area contributed by atoms with Crippen molar-refractivity contribution in [1.29, 1.82) is 0 Å². The summed E-state index contributed by atoms with van der Waals surface area (Å²) in [4.78, 5) is 11.8. The van der Waals surface area contributed by atoms with Crippen molar-refractivity contribution in [2.24, 2.45) is 7.05 Å². The molecule has 0 atom stereocenters. The van der Waals surface area contributed by atoms with E-state index >= 15 is 0 Å². The van der Waals surface area contributed by atoms with Crippen LogP contribution < -0.4 is 10.6 Å². The van der Waals surface area contributed by atoms with E-state index in [0.29, 0.717) is 10.8 Å². The van der Waals surface area contributed by atoms with Crippen molar-refractivity contribution in [2.45, 2.75) is 6.92 Å². The Labute approximate surface area is 116 Å². The van der Waals surface area contributed by atoms with E-state index in [0.717, 1.165) is 11.3 Å². The van der Waals surface area contributed by atoms with Crippen LogP contribution in [0, 0.1) is 6.92 Å². The van der Waals surface area contributed by atoms with Crippen LogP contribution in [0.25, 0.3) is 0 Å². The summed E-state index contributed by atoms with van der Waals surface area (Å²) in [5.41, 5.74) is 1.69. The molecule has 0 aliphatic carbocycles. The highest BCUT2D eigenvalue weighted by Gasteiger charge is 2.06. The van der Waals surface area contributed by atoms with Crippen molar-refractivity contribution in [3.8, 4) is 0 Å². The van der Waals surface area contributed by atoms with Gasteiger partial charge in [-0.15, -0.1) is 0 Å². The summed E-state index contributed by atoms with van der Waals surface area (Å²) < 4.78 is 1.67. The van der Waals surface area contributed by atoms with E-state index in [4.69, 9.17) is 11.6 Å². The molecule has 0 spiro atoms.